The number of carbonyl (C=O) groups is 1. The molecule has 0 atom stereocenters. The molecule has 0 aromatic heterocycles. The van der Waals surface area contributed by atoms with Crippen molar-refractivity contribution < 1.29 is 18.0 Å². The summed E-state index contributed by atoms with van der Waals surface area (Å²) >= 11 is 0. The van der Waals surface area contributed by atoms with Gasteiger partial charge in [0.25, 0.3) is 0 Å². The quantitative estimate of drug-likeness (QED) is 0.854. The molecule has 0 bridgehead atoms. The van der Waals surface area contributed by atoms with Gasteiger partial charge in [-0.15, -0.1) is 0 Å². The van der Waals surface area contributed by atoms with Crippen molar-refractivity contribution >= 4 is 23.1 Å². The molecule has 1 aliphatic rings. The molecule has 0 saturated carbocycles. The van der Waals surface area contributed by atoms with Crippen LogP contribution < -0.4 is 5.73 Å². The second-order valence-electron chi connectivity index (χ2n) is 5.45. The van der Waals surface area contributed by atoms with E-state index in [4.69, 9.17) is 5.73 Å². The number of benzene rings is 2. The number of alkyl halides is 3. The van der Waals surface area contributed by atoms with Gasteiger partial charge in [0.15, 0.2) is 0 Å². The Kier molecular flexibility index (Phi) is 4.01. The van der Waals surface area contributed by atoms with E-state index in [0.29, 0.717) is 5.56 Å². The van der Waals surface area contributed by atoms with Crippen molar-refractivity contribution in [3.63, 3.8) is 0 Å². The van der Waals surface area contributed by atoms with E-state index in [1.54, 1.807) is 36.4 Å². The second kappa shape index (κ2) is 6.00. The van der Waals surface area contributed by atoms with Gasteiger partial charge in [0.1, 0.15) is 0 Å². The van der Waals surface area contributed by atoms with Gasteiger partial charge >= 0.3 is 6.18 Å². The maximum absolute atomic E-state index is 13.9. The molecule has 5 heteroatoms. The monoisotopic (exact) mass is 329 g/mol. The first kappa shape index (κ1) is 16.1. The molecular weight excluding hydrogens is 315 g/mol. The summed E-state index contributed by atoms with van der Waals surface area (Å²) in [4.78, 5) is 11.6. The van der Waals surface area contributed by atoms with Gasteiger partial charge < -0.3 is 5.73 Å². The second-order valence-corrected chi connectivity index (χ2v) is 5.45. The molecule has 0 saturated heterocycles. The Balaban J connectivity index is 2.35. The average Bonchev–Trinajstić information content (AvgIpc) is 2.54. The lowest BCUT2D eigenvalue weighted by atomic mass is 9.85. The molecule has 1 amide bonds. The molecule has 2 aromatic carbocycles. The fourth-order valence-electron chi connectivity index (χ4n) is 2.97. The number of rotatable bonds is 2. The summed E-state index contributed by atoms with van der Waals surface area (Å²) in [7, 11) is 0. The molecule has 0 heterocycles. The highest BCUT2D eigenvalue weighted by atomic mass is 19.4. The number of fused-ring (bicyclic) bond motifs is 1. The SMILES string of the molecule is NC(=O)c1ccccc1C(=C1CC=Cc2ccccc21)C(F)(F)F. The third kappa shape index (κ3) is 2.85. The first-order chi connectivity index (χ1) is 11.4. The molecule has 0 aliphatic heterocycles. The van der Waals surface area contributed by atoms with Gasteiger partial charge in [-0.25, -0.2) is 0 Å². The van der Waals surface area contributed by atoms with Crippen molar-refractivity contribution in [2.24, 2.45) is 5.73 Å². The molecule has 3 rings (SSSR count). The fourth-order valence-corrected chi connectivity index (χ4v) is 2.97. The van der Waals surface area contributed by atoms with Gasteiger partial charge in [0.05, 0.1) is 5.57 Å². The number of hydrogen-bond donors (Lipinski definition) is 1. The van der Waals surface area contributed by atoms with Crippen LogP contribution in [0.15, 0.2) is 54.6 Å². The van der Waals surface area contributed by atoms with E-state index in [0.717, 1.165) is 5.56 Å². The lowest BCUT2D eigenvalue weighted by Crippen LogP contribution is -2.19. The molecule has 122 valence electrons. The van der Waals surface area contributed by atoms with Crippen LogP contribution in [-0.2, 0) is 0 Å². The van der Waals surface area contributed by atoms with Crippen molar-refractivity contribution in [2.75, 3.05) is 0 Å². The van der Waals surface area contributed by atoms with Crippen LogP contribution in [0.1, 0.15) is 33.5 Å². The van der Waals surface area contributed by atoms with Crippen LogP contribution in [0.25, 0.3) is 17.2 Å². The maximum Gasteiger partial charge on any atom is 0.417 e. The Labute approximate surface area is 137 Å². The minimum Gasteiger partial charge on any atom is -0.366 e. The van der Waals surface area contributed by atoms with E-state index >= 15 is 0 Å². The third-order valence-electron chi connectivity index (χ3n) is 3.95. The Morgan fingerprint density at radius 1 is 0.958 bits per heavy atom. The summed E-state index contributed by atoms with van der Waals surface area (Å²) in [6.07, 6.45) is -0.985. The molecule has 24 heavy (non-hydrogen) atoms. The van der Waals surface area contributed by atoms with E-state index in [9.17, 15) is 18.0 Å². The van der Waals surface area contributed by atoms with E-state index in [-0.39, 0.29) is 23.1 Å². The lowest BCUT2D eigenvalue weighted by Gasteiger charge is -2.22. The Morgan fingerprint density at radius 2 is 1.58 bits per heavy atom. The molecule has 0 spiro atoms. The zero-order valence-corrected chi connectivity index (χ0v) is 12.6. The highest BCUT2D eigenvalue weighted by Gasteiger charge is 2.39. The number of allylic oxidation sites excluding steroid dienone is 3. The third-order valence-corrected chi connectivity index (χ3v) is 3.95. The fraction of sp³-hybridized carbons (Fsp3) is 0.105. The lowest BCUT2D eigenvalue weighted by molar-refractivity contribution is -0.0686. The topological polar surface area (TPSA) is 43.1 Å². The van der Waals surface area contributed by atoms with E-state index < -0.39 is 17.7 Å². The summed E-state index contributed by atoms with van der Waals surface area (Å²) in [5.41, 5.74) is 5.53. The van der Waals surface area contributed by atoms with Crippen molar-refractivity contribution in [3.05, 3.63) is 76.9 Å². The van der Waals surface area contributed by atoms with Crippen LogP contribution in [0.4, 0.5) is 13.2 Å². The van der Waals surface area contributed by atoms with E-state index in [1.807, 2.05) is 0 Å². The summed E-state index contributed by atoms with van der Waals surface area (Å²) < 4.78 is 41.7. The van der Waals surface area contributed by atoms with E-state index in [1.165, 1.54) is 24.3 Å². The predicted octanol–water partition coefficient (Wildman–Crippen LogP) is 4.68. The van der Waals surface area contributed by atoms with Crippen molar-refractivity contribution in [1.82, 2.24) is 0 Å². The van der Waals surface area contributed by atoms with Gasteiger partial charge in [-0.2, -0.15) is 13.2 Å². The molecular formula is C19H14F3NO. The first-order valence-corrected chi connectivity index (χ1v) is 7.35. The maximum atomic E-state index is 13.9. The molecule has 0 radical (unpaired) electrons. The minimum absolute atomic E-state index is 0.135. The summed E-state index contributed by atoms with van der Waals surface area (Å²) in [6.45, 7) is 0. The highest BCUT2D eigenvalue weighted by molar-refractivity contribution is 6.04. The Bertz CT molecular complexity index is 863. The molecule has 0 unspecified atom stereocenters. The number of amides is 1. The molecule has 2 aromatic rings. The first-order valence-electron chi connectivity index (χ1n) is 7.35. The summed E-state index contributed by atoms with van der Waals surface area (Å²) in [5, 5.41) is 0. The largest absolute Gasteiger partial charge is 0.417 e. The highest BCUT2D eigenvalue weighted by Crippen LogP contribution is 2.44. The Morgan fingerprint density at radius 3 is 2.25 bits per heavy atom. The average molecular weight is 329 g/mol. The number of hydrogen-bond acceptors (Lipinski definition) is 1. The van der Waals surface area contributed by atoms with Crippen LogP contribution in [0.2, 0.25) is 0 Å². The van der Waals surface area contributed by atoms with Crippen molar-refractivity contribution in [2.45, 2.75) is 12.6 Å². The standard InChI is InChI=1S/C19H14F3NO/c20-19(21,22)17(15-9-3-4-10-16(15)18(23)24)14-11-5-7-12-6-1-2-8-13(12)14/h1-10H,11H2,(H2,23,24). The zero-order valence-electron chi connectivity index (χ0n) is 12.6. The van der Waals surface area contributed by atoms with Gasteiger partial charge in [-0.3, -0.25) is 4.79 Å². The van der Waals surface area contributed by atoms with Gasteiger partial charge in [-0.05, 0) is 34.8 Å². The molecule has 0 fully saturated rings. The predicted molar refractivity (Wildman–Crippen MR) is 87.9 cm³/mol. The van der Waals surface area contributed by atoms with Crippen LogP contribution in [0.3, 0.4) is 0 Å². The van der Waals surface area contributed by atoms with Gasteiger partial charge in [-0.1, -0.05) is 54.6 Å². The Hall–Kier alpha value is -2.82. The van der Waals surface area contributed by atoms with E-state index in [2.05, 4.69) is 0 Å². The van der Waals surface area contributed by atoms with Crippen molar-refractivity contribution in [1.29, 1.82) is 0 Å². The summed E-state index contributed by atoms with van der Waals surface area (Å²) in [5.74, 6) is -0.882. The van der Waals surface area contributed by atoms with Crippen LogP contribution in [0, 0.1) is 0 Å². The zero-order chi connectivity index (χ0) is 17.3. The van der Waals surface area contributed by atoms with Gasteiger partial charge in [0.2, 0.25) is 5.91 Å². The molecule has 2 nitrogen and oxygen atoms in total. The van der Waals surface area contributed by atoms with Gasteiger partial charge in [0, 0.05) is 5.56 Å². The number of halogens is 3. The smallest absolute Gasteiger partial charge is 0.366 e. The van der Waals surface area contributed by atoms with Crippen LogP contribution in [0.5, 0.6) is 0 Å². The summed E-state index contributed by atoms with van der Waals surface area (Å²) in [6, 6.07) is 12.5. The van der Waals surface area contributed by atoms with Crippen LogP contribution >= 0.6 is 0 Å². The number of carbonyl (C=O) groups excluding carboxylic acids is 1. The van der Waals surface area contributed by atoms with Crippen LogP contribution in [-0.4, -0.2) is 12.1 Å². The molecule has 1 aliphatic carbocycles. The number of nitrogens with two attached hydrogens (primary N) is 1. The van der Waals surface area contributed by atoms with Crippen molar-refractivity contribution in [3.8, 4) is 0 Å². The minimum atomic E-state index is -4.61. The normalized spacial score (nSPS) is 15.8. The molecule has 2 N–H and O–H groups in total. The number of primary amides is 1.